The zero-order chi connectivity index (χ0) is 12.5. The van der Waals surface area contributed by atoms with Crippen molar-refractivity contribution in [1.82, 2.24) is 4.98 Å². The van der Waals surface area contributed by atoms with E-state index < -0.39 is 0 Å². The largest absolute Gasteiger partial charge is 0.255 e. The van der Waals surface area contributed by atoms with Crippen LogP contribution in [0.5, 0.6) is 0 Å². The van der Waals surface area contributed by atoms with E-state index in [1.165, 1.54) is 11.1 Å². The van der Waals surface area contributed by atoms with E-state index in [1.54, 1.807) is 0 Å². The third-order valence-corrected chi connectivity index (χ3v) is 4.85. The van der Waals surface area contributed by atoms with Crippen LogP contribution in [0.4, 0.5) is 0 Å². The first-order valence-electron chi connectivity index (χ1n) is 5.55. The predicted molar refractivity (Wildman–Crippen MR) is 82.6 cm³/mol. The van der Waals surface area contributed by atoms with Gasteiger partial charge in [-0.3, -0.25) is 4.98 Å². The van der Waals surface area contributed by atoms with Crippen molar-refractivity contribution in [3.8, 4) is 11.1 Å². The molecule has 3 rings (SSSR count). The monoisotopic (exact) mass is 361 g/mol. The van der Waals surface area contributed by atoms with E-state index in [9.17, 15) is 0 Å². The van der Waals surface area contributed by atoms with Gasteiger partial charge < -0.3 is 0 Å². The van der Waals surface area contributed by atoms with E-state index in [0.29, 0.717) is 0 Å². The lowest BCUT2D eigenvalue weighted by Gasteiger charge is -2.06. The van der Waals surface area contributed by atoms with Crippen LogP contribution in [0, 0.1) is 0 Å². The zero-order valence-corrected chi connectivity index (χ0v) is 12.6. The number of aromatic nitrogens is 1. The summed E-state index contributed by atoms with van der Waals surface area (Å²) in [5, 5.41) is 1.12. The van der Waals surface area contributed by atoms with Gasteiger partial charge in [0.05, 0.1) is 9.99 Å². The number of fused-ring (bicyclic) bond motifs is 1. The number of hydrogen-bond acceptors (Lipinski definition) is 1. The van der Waals surface area contributed by atoms with Gasteiger partial charge in [0, 0.05) is 16.1 Å². The highest BCUT2D eigenvalue weighted by Gasteiger charge is 2.06. The molecule has 0 saturated heterocycles. The van der Waals surface area contributed by atoms with Gasteiger partial charge in [0.15, 0.2) is 0 Å². The second kappa shape index (κ2) is 4.82. The van der Waals surface area contributed by atoms with Gasteiger partial charge in [-0.15, -0.1) is 0 Å². The Morgan fingerprint density at radius 3 is 2.39 bits per heavy atom. The highest BCUT2D eigenvalue weighted by Crippen LogP contribution is 2.32. The fourth-order valence-corrected chi connectivity index (χ4v) is 2.68. The lowest BCUT2D eigenvalue weighted by Crippen LogP contribution is -1.84. The van der Waals surface area contributed by atoms with Crippen molar-refractivity contribution in [2.75, 3.05) is 0 Å². The van der Waals surface area contributed by atoms with Crippen molar-refractivity contribution in [3.63, 3.8) is 0 Å². The van der Waals surface area contributed by atoms with Crippen LogP contribution >= 0.6 is 31.9 Å². The average Bonchev–Trinajstić information content (AvgIpc) is 2.44. The number of benzene rings is 2. The van der Waals surface area contributed by atoms with Crippen molar-refractivity contribution < 1.29 is 0 Å². The smallest absolute Gasteiger partial charge is 0.0714 e. The molecule has 0 bridgehead atoms. The van der Waals surface area contributed by atoms with Gasteiger partial charge in [-0.1, -0.05) is 36.4 Å². The molecule has 0 atom stereocenters. The molecule has 1 nitrogen and oxygen atoms in total. The van der Waals surface area contributed by atoms with Crippen LogP contribution in [0.1, 0.15) is 0 Å². The van der Waals surface area contributed by atoms with E-state index in [4.69, 9.17) is 0 Å². The quantitative estimate of drug-likeness (QED) is 0.562. The van der Waals surface area contributed by atoms with Crippen molar-refractivity contribution >= 4 is 42.8 Å². The summed E-state index contributed by atoms with van der Waals surface area (Å²) in [7, 11) is 0. The average molecular weight is 363 g/mol. The standard InChI is InChI=1S/C15H9Br2N/c16-13-9-18-14-7-6-11(8-12(14)15(13)17)10-4-2-1-3-5-10/h1-9H. The highest BCUT2D eigenvalue weighted by atomic mass is 79.9. The summed E-state index contributed by atoms with van der Waals surface area (Å²) in [5.74, 6) is 0. The Balaban J connectivity index is 2.25. The first kappa shape index (κ1) is 11.9. The second-order valence-electron chi connectivity index (χ2n) is 4.02. The molecule has 0 saturated carbocycles. The predicted octanol–water partition coefficient (Wildman–Crippen LogP) is 5.43. The molecule has 1 heterocycles. The van der Waals surface area contributed by atoms with Gasteiger partial charge in [0.25, 0.3) is 0 Å². The van der Waals surface area contributed by atoms with E-state index in [1.807, 2.05) is 24.4 Å². The SMILES string of the molecule is Brc1cnc2ccc(-c3ccccc3)cc2c1Br. The van der Waals surface area contributed by atoms with Crippen molar-refractivity contribution in [2.45, 2.75) is 0 Å². The van der Waals surface area contributed by atoms with Gasteiger partial charge >= 0.3 is 0 Å². The molecule has 0 fully saturated rings. The van der Waals surface area contributed by atoms with E-state index >= 15 is 0 Å². The molecule has 18 heavy (non-hydrogen) atoms. The maximum Gasteiger partial charge on any atom is 0.0714 e. The molecule has 0 amide bonds. The second-order valence-corrected chi connectivity index (χ2v) is 5.67. The molecule has 3 heteroatoms. The van der Waals surface area contributed by atoms with Crippen LogP contribution in [-0.2, 0) is 0 Å². The summed E-state index contributed by atoms with van der Waals surface area (Å²) in [6, 6.07) is 16.7. The summed E-state index contributed by atoms with van der Waals surface area (Å²) >= 11 is 7.09. The number of pyridine rings is 1. The molecule has 3 aromatic rings. The Labute approximate surface area is 122 Å². The Hall–Kier alpha value is -1.19. The first-order valence-corrected chi connectivity index (χ1v) is 7.13. The Morgan fingerprint density at radius 1 is 0.833 bits per heavy atom. The van der Waals surface area contributed by atoms with Crippen LogP contribution in [-0.4, -0.2) is 4.98 Å². The minimum Gasteiger partial charge on any atom is -0.255 e. The molecule has 2 aromatic carbocycles. The van der Waals surface area contributed by atoms with E-state index in [2.05, 4.69) is 67.2 Å². The molecule has 0 aliphatic rings. The van der Waals surface area contributed by atoms with Crippen molar-refractivity contribution in [1.29, 1.82) is 0 Å². The summed E-state index contributed by atoms with van der Waals surface area (Å²) in [6.45, 7) is 0. The van der Waals surface area contributed by atoms with Crippen molar-refractivity contribution in [3.05, 3.63) is 63.7 Å². The van der Waals surface area contributed by atoms with Gasteiger partial charge in [0.1, 0.15) is 0 Å². The maximum absolute atomic E-state index is 4.40. The molecule has 88 valence electrons. The highest BCUT2D eigenvalue weighted by molar-refractivity contribution is 9.13. The summed E-state index contributed by atoms with van der Waals surface area (Å²) in [5.41, 5.74) is 3.40. The molecular weight excluding hydrogens is 354 g/mol. The lowest BCUT2D eigenvalue weighted by atomic mass is 10.0. The van der Waals surface area contributed by atoms with Crippen LogP contribution < -0.4 is 0 Å². The van der Waals surface area contributed by atoms with E-state index in [-0.39, 0.29) is 0 Å². The van der Waals surface area contributed by atoms with Crippen LogP contribution in [0.3, 0.4) is 0 Å². The summed E-state index contributed by atoms with van der Waals surface area (Å²) in [6.07, 6.45) is 1.81. The Kier molecular flexibility index (Phi) is 3.18. The van der Waals surface area contributed by atoms with Gasteiger partial charge in [0.2, 0.25) is 0 Å². The Morgan fingerprint density at radius 2 is 1.61 bits per heavy atom. The van der Waals surface area contributed by atoms with Gasteiger partial charge in [-0.25, -0.2) is 0 Å². The molecule has 0 unspecified atom stereocenters. The third-order valence-electron chi connectivity index (χ3n) is 2.87. The molecule has 0 aliphatic heterocycles. The number of hydrogen-bond donors (Lipinski definition) is 0. The minimum absolute atomic E-state index is 0.972. The molecular formula is C15H9Br2N. The zero-order valence-electron chi connectivity index (χ0n) is 9.40. The van der Waals surface area contributed by atoms with Crippen LogP contribution in [0.2, 0.25) is 0 Å². The van der Waals surface area contributed by atoms with Gasteiger partial charge in [-0.05, 0) is 55.1 Å². The lowest BCUT2D eigenvalue weighted by molar-refractivity contribution is 1.38. The fourth-order valence-electron chi connectivity index (χ4n) is 1.95. The number of rotatable bonds is 1. The molecule has 0 aliphatic carbocycles. The first-order chi connectivity index (χ1) is 8.75. The molecule has 1 aromatic heterocycles. The molecule has 0 spiro atoms. The molecule has 0 N–H and O–H groups in total. The van der Waals surface area contributed by atoms with Crippen LogP contribution in [0.25, 0.3) is 22.0 Å². The normalized spacial score (nSPS) is 10.8. The van der Waals surface area contributed by atoms with Crippen LogP contribution in [0.15, 0.2) is 63.7 Å². The fraction of sp³-hybridized carbons (Fsp3) is 0. The third kappa shape index (κ3) is 2.08. The van der Waals surface area contributed by atoms with Crippen molar-refractivity contribution in [2.24, 2.45) is 0 Å². The maximum atomic E-state index is 4.40. The summed E-state index contributed by atoms with van der Waals surface area (Å²) in [4.78, 5) is 4.40. The topological polar surface area (TPSA) is 12.9 Å². The minimum atomic E-state index is 0.972. The van der Waals surface area contributed by atoms with Gasteiger partial charge in [-0.2, -0.15) is 0 Å². The number of nitrogens with zero attached hydrogens (tertiary/aromatic N) is 1. The Bertz CT molecular complexity index is 708. The number of halogens is 2. The summed E-state index contributed by atoms with van der Waals surface area (Å²) < 4.78 is 2.02. The van der Waals surface area contributed by atoms with E-state index in [0.717, 1.165) is 19.8 Å². The molecule has 0 radical (unpaired) electrons.